The molecule has 16 heavy (non-hydrogen) atoms. The lowest BCUT2D eigenvalue weighted by atomic mass is 10.1. The number of hydrogen-bond acceptors (Lipinski definition) is 1. The van der Waals surface area contributed by atoms with Gasteiger partial charge in [0.25, 0.3) is 0 Å². The summed E-state index contributed by atoms with van der Waals surface area (Å²) in [6.07, 6.45) is 1.02. The van der Waals surface area contributed by atoms with Crippen LogP contribution in [0.25, 0.3) is 21.8 Å². The molecule has 0 unspecified atom stereocenters. The number of aromatic nitrogens is 1. The Morgan fingerprint density at radius 1 is 1.12 bits per heavy atom. The smallest absolute Gasteiger partial charge is 0.0518 e. The average molecular weight is 210 g/mol. The van der Waals surface area contributed by atoms with Crippen LogP contribution in [0.4, 0.5) is 5.69 Å². The number of para-hydroxylation sites is 1. The first kappa shape index (κ1) is 9.28. The van der Waals surface area contributed by atoms with Crippen LogP contribution in [0.5, 0.6) is 0 Å². The van der Waals surface area contributed by atoms with Gasteiger partial charge in [-0.25, -0.2) is 0 Å². The summed E-state index contributed by atoms with van der Waals surface area (Å²) in [6, 6.07) is 12.4. The van der Waals surface area contributed by atoms with Crippen molar-refractivity contribution < 1.29 is 0 Å². The molecule has 0 spiro atoms. The third-order valence-corrected chi connectivity index (χ3v) is 3.16. The standard InChI is InChI=1S/C14H14N2/c1-2-9-7-8-11(15)13-10-5-3-4-6-12(10)16-14(9)13/h3-8,16H,2,15H2,1H3. The van der Waals surface area contributed by atoms with E-state index in [1.54, 1.807) is 0 Å². The van der Waals surface area contributed by atoms with E-state index in [-0.39, 0.29) is 0 Å². The zero-order valence-electron chi connectivity index (χ0n) is 9.25. The van der Waals surface area contributed by atoms with Crippen LogP contribution in [0.3, 0.4) is 0 Å². The average Bonchev–Trinajstić information content (AvgIpc) is 2.69. The van der Waals surface area contributed by atoms with E-state index in [9.17, 15) is 0 Å². The molecular formula is C14H14N2. The van der Waals surface area contributed by atoms with Gasteiger partial charge in [0, 0.05) is 22.0 Å². The number of hydrogen-bond donors (Lipinski definition) is 2. The number of rotatable bonds is 1. The van der Waals surface area contributed by atoms with Gasteiger partial charge < -0.3 is 10.7 Å². The maximum absolute atomic E-state index is 6.07. The third-order valence-electron chi connectivity index (χ3n) is 3.16. The summed E-state index contributed by atoms with van der Waals surface area (Å²) >= 11 is 0. The van der Waals surface area contributed by atoms with Crippen molar-refractivity contribution in [3.63, 3.8) is 0 Å². The molecule has 3 N–H and O–H groups in total. The number of nitrogen functional groups attached to an aromatic ring is 1. The van der Waals surface area contributed by atoms with Crippen LogP contribution in [-0.4, -0.2) is 4.98 Å². The summed E-state index contributed by atoms with van der Waals surface area (Å²) in [7, 11) is 0. The van der Waals surface area contributed by atoms with E-state index in [1.165, 1.54) is 16.5 Å². The fraction of sp³-hybridized carbons (Fsp3) is 0.143. The molecule has 0 atom stereocenters. The number of nitrogens with one attached hydrogen (secondary N) is 1. The van der Waals surface area contributed by atoms with Crippen molar-refractivity contribution in [2.45, 2.75) is 13.3 Å². The highest BCUT2D eigenvalue weighted by Gasteiger charge is 2.09. The third kappa shape index (κ3) is 1.13. The molecule has 1 heterocycles. The summed E-state index contributed by atoms with van der Waals surface area (Å²) in [5.41, 5.74) is 10.6. The Morgan fingerprint density at radius 2 is 1.94 bits per heavy atom. The zero-order valence-corrected chi connectivity index (χ0v) is 9.25. The maximum Gasteiger partial charge on any atom is 0.0518 e. The van der Waals surface area contributed by atoms with E-state index in [0.717, 1.165) is 23.0 Å². The van der Waals surface area contributed by atoms with Crippen LogP contribution in [0.1, 0.15) is 12.5 Å². The molecule has 0 amide bonds. The Morgan fingerprint density at radius 3 is 2.75 bits per heavy atom. The van der Waals surface area contributed by atoms with E-state index in [4.69, 9.17) is 5.73 Å². The summed E-state index contributed by atoms with van der Waals surface area (Å²) in [6.45, 7) is 2.16. The minimum absolute atomic E-state index is 0.852. The van der Waals surface area contributed by atoms with Crippen LogP contribution in [0.15, 0.2) is 36.4 Å². The Kier molecular flexibility index (Phi) is 1.90. The molecule has 3 rings (SSSR count). The van der Waals surface area contributed by atoms with Gasteiger partial charge in [-0.05, 0) is 24.1 Å². The van der Waals surface area contributed by atoms with Crippen molar-refractivity contribution in [1.82, 2.24) is 4.98 Å². The summed E-state index contributed by atoms with van der Waals surface area (Å²) in [5, 5.41) is 2.38. The minimum atomic E-state index is 0.852. The van der Waals surface area contributed by atoms with Gasteiger partial charge in [0.05, 0.1) is 5.52 Å². The fourth-order valence-electron chi connectivity index (χ4n) is 2.33. The van der Waals surface area contributed by atoms with E-state index in [0.29, 0.717) is 0 Å². The van der Waals surface area contributed by atoms with Crippen LogP contribution in [-0.2, 0) is 6.42 Å². The molecule has 0 fully saturated rings. The SMILES string of the molecule is CCc1ccc(N)c2c1[nH]c1ccccc12. The predicted octanol–water partition coefficient (Wildman–Crippen LogP) is 3.47. The van der Waals surface area contributed by atoms with Gasteiger partial charge >= 0.3 is 0 Å². The molecule has 0 aliphatic rings. The van der Waals surface area contributed by atoms with Crippen molar-refractivity contribution in [3.8, 4) is 0 Å². The molecule has 0 aliphatic heterocycles. The van der Waals surface area contributed by atoms with E-state index in [2.05, 4.69) is 30.1 Å². The van der Waals surface area contributed by atoms with Crippen LogP contribution in [0, 0.1) is 0 Å². The van der Waals surface area contributed by atoms with Gasteiger partial charge in [0.15, 0.2) is 0 Å². The molecule has 1 aromatic heterocycles. The second-order valence-electron chi connectivity index (χ2n) is 4.09. The molecule has 0 aliphatic carbocycles. The Labute approximate surface area is 94.1 Å². The summed E-state index contributed by atoms with van der Waals surface area (Å²) in [5.74, 6) is 0. The highest BCUT2D eigenvalue weighted by molar-refractivity contribution is 6.13. The number of aromatic amines is 1. The van der Waals surface area contributed by atoms with Crippen molar-refractivity contribution in [3.05, 3.63) is 42.0 Å². The molecule has 0 saturated carbocycles. The van der Waals surface area contributed by atoms with E-state index in [1.807, 2.05) is 18.2 Å². The van der Waals surface area contributed by atoms with Crippen molar-refractivity contribution in [2.24, 2.45) is 0 Å². The second-order valence-corrected chi connectivity index (χ2v) is 4.09. The number of fused-ring (bicyclic) bond motifs is 3. The van der Waals surface area contributed by atoms with Gasteiger partial charge in [-0.15, -0.1) is 0 Å². The topological polar surface area (TPSA) is 41.8 Å². The lowest BCUT2D eigenvalue weighted by Crippen LogP contribution is -1.89. The Balaban J connectivity index is 2.58. The molecule has 3 aromatic rings. The van der Waals surface area contributed by atoms with Gasteiger partial charge in [0.2, 0.25) is 0 Å². The summed E-state index contributed by atoms with van der Waals surface area (Å²) < 4.78 is 0. The number of benzene rings is 2. The minimum Gasteiger partial charge on any atom is -0.398 e. The lowest BCUT2D eigenvalue weighted by Gasteiger charge is -2.02. The monoisotopic (exact) mass is 210 g/mol. The largest absolute Gasteiger partial charge is 0.398 e. The predicted molar refractivity (Wildman–Crippen MR) is 69.6 cm³/mol. The van der Waals surface area contributed by atoms with Gasteiger partial charge in [-0.2, -0.15) is 0 Å². The molecule has 2 aromatic carbocycles. The summed E-state index contributed by atoms with van der Waals surface area (Å²) in [4.78, 5) is 3.46. The van der Waals surface area contributed by atoms with E-state index >= 15 is 0 Å². The normalized spacial score (nSPS) is 11.3. The highest BCUT2D eigenvalue weighted by Crippen LogP contribution is 2.32. The first-order valence-corrected chi connectivity index (χ1v) is 5.59. The lowest BCUT2D eigenvalue weighted by molar-refractivity contribution is 1.15. The van der Waals surface area contributed by atoms with Crippen molar-refractivity contribution in [1.29, 1.82) is 0 Å². The fourth-order valence-corrected chi connectivity index (χ4v) is 2.33. The quantitative estimate of drug-likeness (QED) is 0.593. The first-order valence-electron chi connectivity index (χ1n) is 5.59. The number of H-pyrrole nitrogens is 1. The van der Waals surface area contributed by atoms with Gasteiger partial charge in [-0.1, -0.05) is 31.2 Å². The van der Waals surface area contributed by atoms with Crippen molar-refractivity contribution in [2.75, 3.05) is 5.73 Å². The zero-order chi connectivity index (χ0) is 11.1. The molecule has 80 valence electrons. The molecule has 2 nitrogen and oxygen atoms in total. The Bertz CT molecular complexity index is 665. The van der Waals surface area contributed by atoms with Crippen LogP contribution >= 0.6 is 0 Å². The maximum atomic E-state index is 6.07. The van der Waals surface area contributed by atoms with Crippen molar-refractivity contribution >= 4 is 27.5 Å². The first-order chi connectivity index (χ1) is 7.81. The second kappa shape index (κ2) is 3.27. The molecule has 0 saturated heterocycles. The molecular weight excluding hydrogens is 196 g/mol. The van der Waals surface area contributed by atoms with Crippen LogP contribution < -0.4 is 5.73 Å². The highest BCUT2D eigenvalue weighted by atomic mass is 14.7. The van der Waals surface area contributed by atoms with Gasteiger partial charge in [0.1, 0.15) is 0 Å². The Hall–Kier alpha value is -1.96. The van der Waals surface area contributed by atoms with Crippen LogP contribution in [0.2, 0.25) is 0 Å². The van der Waals surface area contributed by atoms with E-state index < -0.39 is 0 Å². The molecule has 0 radical (unpaired) electrons. The molecule has 0 bridgehead atoms. The number of aryl methyl sites for hydroxylation is 1. The number of nitrogens with two attached hydrogens (primary N) is 1. The number of anilines is 1. The van der Waals surface area contributed by atoms with Gasteiger partial charge in [-0.3, -0.25) is 0 Å². The molecule has 2 heteroatoms.